The summed E-state index contributed by atoms with van der Waals surface area (Å²) in [4.78, 5) is 14.6. The number of carbonyl (C=O) groups is 1. The fourth-order valence-electron chi connectivity index (χ4n) is 4.07. The molecule has 1 aliphatic rings. The Morgan fingerprint density at radius 3 is 2.35 bits per heavy atom. The Kier molecular flexibility index (Phi) is 7.30. The molecule has 0 spiro atoms. The number of ether oxygens (including phenoxy) is 1. The van der Waals surface area contributed by atoms with E-state index >= 15 is 0 Å². The Bertz CT molecular complexity index is 1080. The Hall–Kier alpha value is -3.62. The minimum Gasteiger partial charge on any atom is -0.405 e. The third-order valence-electron chi connectivity index (χ3n) is 5.83. The van der Waals surface area contributed by atoms with Crippen LogP contribution in [0.4, 0.5) is 19.0 Å². The monoisotopic (exact) mass is 470 g/mol. The molecule has 3 aromatic rings. The van der Waals surface area contributed by atoms with Crippen molar-refractivity contribution < 1.29 is 22.7 Å². The summed E-state index contributed by atoms with van der Waals surface area (Å²) in [5.74, 6) is 0.453. The predicted molar refractivity (Wildman–Crippen MR) is 121 cm³/mol. The first-order valence-corrected chi connectivity index (χ1v) is 11.1. The number of nitrogens with zero attached hydrogens (tertiary/aromatic N) is 3. The van der Waals surface area contributed by atoms with Crippen LogP contribution in [0, 0.1) is 5.92 Å². The number of benzene rings is 2. The van der Waals surface area contributed by atoms with Crippen LogP contribution in [0.2, 0.25) is 0 Å². The van der Waals surface area contributed by atoms with Gasteiger partial charge in [0.1, 0.15) is 5.75 Å². The molecule has 4 rings (SSSR count). The topological polar surface area (TPSA) is 67.3 Å². The summed E-state index contributed by atoms with van der Waals surface area (Å²) in [5.41, 5.74) is 1.65. The number of piperidine rings is 1. The minimum atomic E-state index is -4.81. The van der Waals surface area contributed by atoms with Crippen LogP contribution in [0.3, 0.4) is 0 Å². The number of anilines is 1. The van der Waals surface area contributed by atoms with Gasteiger partial charge in [0.2, 0.25) is 0 Å². The SMILES string of the molecule is O=C(NCc1ccccc1OC(F)(F)F)c1ccc(N2CCC(Cc3ccccc3)CC2)nn1. The second-order valence-electron chi connectivity index (χ2n) is 8.24. The van der Waals surface area contributed by atoms with Crippen LogP contribution in [0.15, 0.2) is 66.7 Å². The normalized spacial score (nSPS) is 14.6. The summed E-state index contributed by atoms with van der Waals surface area (Å²) < 4.78 is 41.7. The van der Waals surface area contributed by atoms with Gasteiger partial charge in [0.25, 0.3) is 5.91 Å². The molecule has 2 heterocycles. The number of hydrogen-bond donors (Lipinski definition) is 1. The van der Waals surface area contributed by atoms with Gasteiger partial charge in [0.15, 0.2) is 11.5 Å². The van der Waals surface area contributed by atoms with Crippen LogP contribution in [0.1, 0.15) is 34.5 Å². The Balaban J connectivity index is 1.29. The lowest BCUT2D eigenvalue weighted by molar-refractivity contribution is -0.274. The van der Waals surface area contributed by atoms with Gasteiger partial charge in [-0.1, -0.05) is 48.5 Å². The van der Waals surface area contributed by atoms with E-state index in [1.165, 1.54) is 23.8 Å². The fourth-order valence-corrected chi connectivity index (χ4v) is 4.07. The standard InChI is InChI=1S/C25H25F3N4O2/c26-25(27,28)34-22-9-5-4-8-20(22)17-29-24(33)21-10-11-23(31-30-21)32-14-12-19(13-15-32)16-18-6-2-1-3-7-18/h1-11,19H,12-17H2,(H,29,33). The van der Waals surface area contributed by atoms with Crippen LogP contribution >= 0.6 is 0 Å². The zero-order valence-corrected chi connectivity index (χ0v) is 18.5. The Labute approximate surface area is 195 Å². The van der Waals surface area contributed by atoms with Gasteiger partial charge < -0.3 is 15.0 Å². The van der Waals surface area contributed by atoms with E-state index in [-0.39, 0.29) is 23.6 Å². The molecule has 0 saturated carbocycles. The average molecular weight is 470 g/mol. The molecule has 1 amide bonds. The van der Waals surface area contributed by atoms with Crippen molar-refractivity contribution in [2.24, 2.45) is 5.92 Å². The lowest BCUT2D eigenvalue weighted by Crippen LogP contribution is -2.35. The quantitative estimate of drug-likeness (QED) is 0.539. The van der Waals surface area contributed by atoms with E-state index in [0.717, 1.165) is 32.4 Å². The van der Waals surface area contributed by atoms with Gasteiger partial charge >= 0.3 is 6.36 Å². The van der Waals surface area contributed by atoms with Crippen molar-refractivity contribution in [3.63, 3.8) is 0 Å². The van der Waals surface area contributed by atoms with Crippen LogP contribution in [0.5, 0.6) is 5.75 Å². The van der Waals surface area contributed by atoms with Gasteiger partial charge in [-0.15, -0.1) is 23.4 Å². The Morgan fingerprint density at radius 1 is 0.971 bits per heavy atom. The number of alkyl halides is 3. The van der Waals surface area contributed by atoms with Crippen molar-refractivity contribution in [2.75, 3.05) is 18.0 Å². The van der Waals surface area contributed by atoms with Crippen molar-refractivity contribution in [1.29, 1.82) is 0 Å². The highest BCUT2D eigenvalue weighted by atomic mass is 19.4. The number of hydrogen-bond acceptors (Lipinski definition) is 5. The molecule has 1 N–H and O–H groups in total. The van der Waals surface area contributed by atoms with Gasteiger partial charge in [0.05, 0.1) is 0 Å². The van der Waals surface area contributed by atoms with Crippen molar-refractivity contribution in [1.82, 2.24) is 15.5 Å². The average Bonchev–Trinajstić information content (AvgIpc) is 2.84. The molecule has 1 saturated heterocycles. The maximum absolute atomic E-state index is 12.6. The van der Waals surface area contributed by atoms with E-state index in [0.29, 0.717) is 11.7 Å². The molecule has 1 aromatic heterocycles. The highest BCUT2D eigenvalue weighted by Crippen LogP contribution is 2.26. The molecule has 1 fully saturated rings. The molecule has 9 heteroatoms. The van der Waals surface area contributed by atoms with Crippen molar-refractivity contribution in [2.45, 2.75) is 32.2 Å². The molecule has 0 atom stereocenters. The maximum atomic E-state index is 12.6. The molecule has 0 bridgehead atoms. The van der Waals surface area contributed by atoms with Crippen molar-refractivity contribution in [3.8, 4) is 5.75 Å². The molecule has 178 valence electrons. The van der Waals surface area contributed by atoms with Gasteiger partial charge in [-0.05, 0) is 48.9 Å². The summed E-state index contributed by atoms with van der Waals surface area (Å²) in [7, 11) is 0. The summed E-state index contributed by atoms with van der Waals surface area (Å²) in [5, 5.41) is 10.8. The molecule has 0 radical (unpaired) electrons. The van der Waals surface area contributed by atoms with Crippen molar-refractivity contribution in [3.05, 3.63) is 83.6 Å². The summed E-state index contributed by atoms with van der Waals surface area (Å²) >= 11 is 0. The van der Waals surface area contributed by atoms with Gasteiger partial charge in [-0.2, -0.15) is 0 Å². The second kappa shape index (κ2) is 10.5. The zero-order valence-electron chi connectivity index (χ0n) is 18.5. The first-order chi connectivity index (χ1) is 16.4. The minimum absolute atomic E-state index is 0.0944. The highest BCUT2D eigenvalue weighted by molar-refractivity contribution is 5.92. The lowest BCUT2D eigenvalue weighted by atomic mass is 9.90. The predicted octanol–water partition coefficient (Wildman–Crippen LogP) is 4.76. The number of aromatic nitrogens is 2. The third kappa shape index (κ3) is 6.46. The van der Waals surface area contributed by atoms with Gasteiger partial charge in [-0.3, -0.25) is 4.79 Å². The number of nitrogens with one attached hydrogen (secondary N) is 1. The first kappa shape index (κ1) is 23.5. The summed E-state index contributed by atoms with van der Waals surface area (Å²) in [6.45, 7) is 1.60. The smallest absolute Gasteiger partial charge is 0.405 e. The first-order valence-electron chi connectivity index (χ1n) is 11.1. The van der Waals surface area contributed by atoms with E-state index < -0.39 is 12.3 Å². The molecule has 0 aliphatic carbocycles. The van der Waals surface area contributed by atoms with Gasteiger partial charge in [0, 0.05) is 25.2 Å². The third-order valence-corrected chi connectivity index (χ3v) is 5.83. The Morgan fingerprint density at radius 2 is 1.68 bits per heavy atom. The number of para-hydroxylation sites is 1. The van der Waals surface area contributed by atoms with E-state index in [1.54, 1.807) is 18.2 Å². The van der Waals surface area contributed by atoms with Crippen molar-refractivity contribution >= 4 is 11.7 Å². The number of halogens is 3. The maximum Gasteiger partial charge on any atom is 0.573 e. The summed E-state index contributed by atoms with van der Waals surface area (Å²) in [6.07, 6.45) is -1.63. The number of amides is 1. The molecule has 2 aromatic carbocycles. The molecule has 34 heavy (non-hydrogen) atoms. The van der Waals surface area contributed by atoms with E-state index in [1.807, 2.05) is 6.07 Å². The highest BCUT2D eigenvalue weighted by Gasteiger charge is 2.32. The molecular weight excluding hydrogens is 445 g/mol. The van der Waals surface area contributed by atoms with Gasteiger partial charge in [-0.25, -0.2) is 0 Å². The summed E-state index contributed by atoms with van der Waals surface area (Å²) in [6, 6.07) is 19.4. The number of rotatable bonds is 7. The van der Waals surface area contributed by atoms with Crippen LogP contribution in [-0.4, -0.2) is 35.6 Å². The second-order valence-corrected chi connectivity index (χ2v) is 8.24. The van der Waals surface area contributed by atoms with Crippen LogP contribution < -0.4 is 15.0 Å². The fraction of sp³-hybridized carbons (Fsp3) is 0.320. The van der Waals surface area contributed by atoms with Crippen LogP contribution in [-0.2, 0) is 13.0 Å². The lowest BCUT2D eigenvalue weighted by Gasteiger charge is -2.32. The largest absolute Gasteiger partial charge is 0.573 e. The van der Waals surface area contributed by atoms with E-state index in [9.17, 15) is 18.0 Å². The number of carbonyl (C=O) groups excluding carboxylic acids is 1. The molecule has 0 unspecified atom stereocenters. The molecule has 1 aliphatic heterocycles. The molecular formula is C25H25F3N4O2. The van der Waals surface area contributed by atoms with E-state index in [4.69, 9.17) is 0 Å². The zero-order chi connectivity index (χ0) is 24.0. The van der Waals surface area contributed by atoms with E-state index in [2.05, 4.69) is 49.4 Å². The van der Waals surface area contributed by atoms with Crippen LogP contribution in [0.25, 0.3) is 0 Å². The molecule has 6 nitrogen and oxygen atoms in total.